The lowest BCUT2D eigenvalue weighted by molar-refractivity contribution is 0.319. The van der Waals surface area contributed by atoms with Gasteiger partial charge in [0.05, 0.1) is 11.0 Å². The van der Waals surface area contributed by atoms with Crippen molar-refractivity contribution in [2.24, 2.45) is 5.16 Å². The molecule has 0 amide bonds. The summed E-state index contributed by atoms with van der Waals surface area (Å²) >= 11 is 5.81. The van der Waals surface area contributed by atoms with Crippen molar-refractivity contribution in [3.05, 3.63) is 29.0 Å². The van der Waals surface area contributed by atoms with Crippen LogP contribution >= 0.6 is 11.6 Å². The Balaban J connectivity index is 2.62. The van der Waals surface area contributed by atoms with E-state index in [9.17, 15) is 0 Å². The summed E-state index contributed by atoms with van der Waals surface area (Å²) in [6.07, 6.45) is 0. The van der Waals surface area contributed by atoms with E-state index in [4.69, 9.17) is 16.8 Å². The molecule has 1 aromatic carbocycles. The summed E-state index contributed by atoms with van der Waals surface area (Å²) in [5, 5.41) is 12.3. The van der Waals surface area contributed by atoms with Crippen LogP contribution in [0.3, 0.4) is 0 Å². The maximum atomic E-state index is 8.57. The molecule has 0 aliphatic heterocycles. The lowest BCUT2D eigenvalue weighted by Gasteiger charge is -1.88. The van der Waals surface area contributed by atoms with Crippen LogP contribution in [0, 0.1) is 0 Å². The molecule has 1 aromatic heterocycles. The average molecular weight is 210 g/mol. The minimum absolute atomic E-state index is 0.442. The first-order chi connectivity index (χ1) is 6.70. The molecule has 4 nitrogen and oxygen atoms in total. The number of hydrogen-bond acceptors (Lipinski definition) is 3. The molecule has 0 aliphatic rings. The van der Waals surface area contributed by atoms with Crippen molar-refractivity contribution < 1.29 is 5.21 Å². The largest absolute Gasteiger partial charge is 0.411 e. The molecule has 0 atom stereocenters. The summed E-state index contributed by atoms with van der Waals surface area (Å²) in [6, 6.07) is 5.35. The summed E-state index contributed by atoms with van der Waals surface area (Å²) < 4.78 is 0. The van der Waals surface area contributed by atoms with Crippen molar-refractivity contribution in [3.8, 4) is 0 Å². The fourth-order valence-electron chi connectivity index (χ4n) is 1.20. The topological polar surface area (TPSA) is 61.3 Å². The molecule has 0 saturated carbocycles. The SMILES string of the molecule is CC(=NO)c1nc2ccc(Cl)cc2[nH]1. The molecule has 0 aliphatic carbocycles. The first kappa shape index (κ1) is 9.02. The number of fused-ring (bicyclic) bond motifs is 1. The van der Waals surface area contributed by atoms with Crippen molar-refractivity contribution in [2.75, 3.05) is 0 Å². The Bertz CT molecular complexity index is 504. The predicted molar refractivity (Wildman–Crippen MR) is 55.1 cm³/mol. The Kier molecular flexibility index (Phi) is 2.13. The molecule has 0 spiro atoms. The normalized spacial score (nSPS) is 12.3. The van der Waals surface area contributed by atoms with E-state index >= 15 is 0 Å². The van der Waals surface area contributed by atoms with Gasteiger partial charge in [0.2, 0.25) is 0 Å². The van der Waals surface area contributed by atoms with Gasteiger partial charge >= 0.3 is 0 Å². The molecule has 1 heterocycles. The summed E-state index contributed by atoms with van der Waals surface area (Å²) in [6.45, 7) is 1.67. The summed E-state index contributed by atoms with van der Waals surface area (Å²) in [5.74, 6) is 0.546. The average Bonchev–Trinajstić information content (AvgIpc) is 2.59. The Labute approximate surface area is 85.2 Å². The minimum Gasteiger partial charge on any atom is -0.411 e. The molecule has 2 N–H and O–H groups in total. The second-order valence-electron chi connectivity index (χ2n) is 2.93. The second-order valence-corrected chi connectivity index (χ2v) is 3.37. The highest BCUT2D eigenvalue weighted by molar-refractivity contribution is 6.31. The monoisotopic (exact) mass is 209 g/mol. The Hall–Kier alpha value is -1.55. The van der Waals surface area contributed by atoms with Crippen molar-refractivity contribution >= 4 is 28.3 Å². The minimum atomic E-state index is 0.442. The predicted octanol–water partition coefficient (Wildman–Crippen LogP) is 2.41. The molecule has 72 valence electrons. The van der Waals surface area contributed by atoms with Crippen LogP contribution in [0.5, 0.6) is 0 Å². The smallest absolute Gasteiger partial charge is 0.156 e. The number of aromatic amines is 1. The number of hydrogen-bond donors (Lipinski definition) is 2. The maximum Gasteiger partial charge on any atom is 0.156 e. The van der Waals surface area contributed by atoms with Crippen molar-refractivity contribution in [1.82, 2.24) is 9.97 Å². The summed E-state index contributed by atoms with van der Waals surface area (Å²) in [7, 11) is 0. The number of halogens is 1. The number of nitrogens with one attached hydrogen (secondary N) is 1. The zero-order valence-corrected chi connectivity index (χ0v) is 8.21. The Morgan fingerprint density at radius 1 is 1.57 bits per heavy atom. The first-order valence-corrected chi connectivity index (χ1v) is 4.43. The van der Waals surface area contributed by atoms with Gasteiger partial charge in [-0.1, -0.05) is 16.8 Å². The van der Waals surface area contributed by atoms with Crippen LogP contribution in [0.25, 0.3) is 11.0 Å². The third kappa shape index (κ3) is 1.44. The van der Waals surface area contributed by atoms with Crippen LogP contribution in [0.4, 0.5) is 0 Å². The fourth-order valence-corrected chi connectivity index (χ4v) is 1.37. The zero-order chi connectivity index (χ0) is 10.1. The van der Waals surface area contributed by atoms with Gasteiger partial charge in [-0.25, -0.2) is 4.98 Å². The number of benzene rings is 1. The van der Waals surface area contributed by atoms with Crippen molar-refractivity contribution in [2.45, 2.75) is 6.92 Å². The highest BCUT2D eigenvalue weighted by Crippen LogP contribution is 2.17. The van der Waals surface area contributed by atoms with E-state index in [0.29, 0.717) is 16.6 Å². The summed E-state index contributed by atoms with van der Waals surface area (Å²) in [5.41, 5.74) is 2.07. The molecule has 0 fully saturated rings. The molecule has 0 unspecified atom stereocenters. The molecule has 0 saturated heterocycles. The van der Waals surface area contributed by atoms with Gasteiger partial charge in [0.25, 0.3) is 0 Å². The Morgan fingerprint density at radius 3 is 3.07 bits per heavy atom. The van der Waals surface area contributed by atoms with E-state index in [1.807, 2.05) is 6.07 Å². The second kappa shape index (κ2) is 3.31. The molecular weight excluding hydrogens is 202 g/mol. The van der Waals surface area contributed by atoms with Crippen LogP contribution in [0.2, 0.25) is 5.02 Å². The van der Waals surface area contributed by atoms with Gasteiger partial charge in [-0.3, -0.25) is 0 Å². The van der Waals surface area contributed by atoms with E-state index in [1.54, 1.807) is 19.1 Å². The summed E-state index contributed by atoms with van der Waals surface area (Å²) in [4.78, 5) is 7.22. The van der Waals surface area contributed by atoms with Crippen LogP contribution < -0.4 is 0 Å². The van der Waals surface area contributed by atoms with Crippen LogP contribution in [-0.4, -0.2) is 20.9 Å². The molecule has 2 rings (SSSR count). The van der Waals surface area contributed by atoms with Gasteiger partial charge in [0.1, 0.15) is 5.71 Å². The highest BCUT2D eigenvalue weighted by atomic mass is 35.5. The van der Waals surface area contributed by atoms with Gasteiger partial charge in [-0.15, -0.1) is 0 Å². The third-order valence-corrected chi connectivity index (χ3v) is 2.17. The van der Waals surface area contributed by atoms with Crippen molar-refractivity contribution in [3.63, 3.8) is 0 Å². The number of imidazole rings is 1. The number of oxime groups is 1. The lowest BCUT2D eigenvalue weighted by atomic mass is 10.3. The maximum absolute atomic E-state index is 8.57. The van der Waals surface area contributed by atoms with E-state index in [-0.39, 0.29) is 0 Å². The van der Waals surface area contributed by atoms with E-state index < -0.39 is 0 Å². The van der Waals surface area contributed by atoms with Gasteiger partial charge in [-0.2, -0.15) is 0 Å². The van der Waals surface area contributed by atoms with Crippen LogP contribution in [-0.2, 0) is 0 Å². The molecule has 2 aromatic rings. The van der Waals surface area contributed by atoms with Crippen molar-refractivity contribution in [1.29, 1.82) is 0 Å². The van der Waals surface area contributed by atoms with E-state index in [0.717, 1.165) is 11.0 Å². The van der Waals surface area contributed by atoms with Gasteiger partial charge in [-0.05, 0) is 25.1 Å². The van der Waals surface area contributed by atoms with Gasteiger partial charge < -0.3 is 10.2 Å². The third-order valence-electron chi connectivity index (χ3n) is 1.94. The van der Waals surface area contributed by atoms with Crippen LogP contribution in [0.15, 0.2) is 23.4 Å². The van der Waals surface area contributed by atoms with Crippen LogP contribution in [0.1, 0.15) is 12.7 Å². The fraction of sp³-hybridized carbons (Fsp3) is 0.111. The molecule has 14 heavy (non-hydrogen) atoms. The number of rotatable bonds is 1. The van der Waals surface area contributed by atoms with Gasteiger partial charge in [0, 0.05) is 5.02 Å². The molecule has 5 heteroatoms. The zero-order valence-electron chi connectivity index (χ0n) is 7.45. The van der Waals surface area contributed by atoms with Gasteiger partial charge in [0.15, 0.2) is 5.82 Å². The Morgan fingerprint density at radius 2 is 2.36 bits per heavy atom. The number of nitrogens with zero attached hydrogens (tertiary/aromatic N) is 2. The standard InChI is InChI=1S/C9H8ClN3O/c1-5(13-14)9-11-7-3-2-6(10)4-8(7)12-9/h2-4,14H,1H3,(H,11,12). The first-order valence-electron chi connectivity index (χ1n) is 4.05. The number of H-pyrrole nitrogens is 1. The molecule has 0 radical (unpaired) electrons. The molecule has 0 bridgehead atoms. The lowest BCUT2D eigenvalue weighted by Crippen LogP contribution is -1.96. The highest BCUT2D eigenvalue weighted by Gasteiger charge is 2.05. The molecular formula is C9H8ClN3O. The van der Waals surface area contributed by atoms with E-state index in [2.05, 4.69) is 15.1 Å². The number of aromatic nitrogens is 2. The van der Waals surface area contributed by atoms with E-state index in [1.165, 1.54) is 0 Å². The quantitative estimate of drug-likeness (QED) is 0.431.